The number of nitrogens with zero attached hydrogens (tertiary/aromatic N) is 2. The zero-order chi connectivity index (χ0) is 21.7. The third kappa shape index (κ3) is 5.68. The van der Waals surface area contributed by atoms with Gasteiger partial charge in [0.1, 0.15) is 11.6 Å². The first-order chi connectivity index (χ1) is 14.3. The molecule has 0 bridgehead atoms. The maximum absolute atomic E-state index is 14.0. The van der Waals surface area contributed by atoms with Crippen LogP contribution in [0.5, 0.6) is 0 Å². The zero-order valence-electron chi connectivity index (χ0n) is 16.2. The summed E-state index contributed by atoms with van der Waals surface area (Å²) in [5.74, 6) is -0.891. The summed E-state index contributed by atoms with van der Waals surface area (Å²) >= 11 is 4.92. The van der Waals surface area contributed by atoms with Gasteiger partial charge in [0.05, 0.1) is 15.7 Å². The van der Waals surface area contributed by atoms with Gasteiger partial charge in [-0.15, -0.1) is 0 Å². The molecule has 1 aromatic heterocycles. The van der Waals surface area contributed by atoms with Crippen molar-refractivity contribution in [3.8, 4) is 0 Å². The summed E-state index contributed by atoms with van der Waals surface area (Å²) in [6.45, 7) is 4.16. The third-order valence-corrected chi connectivity index (χ3v) is 5.46. The molecule has 0 aliphatic carbocycles. The van der Waals surface area contributed by atoms with Crippen LogP contribution >= 0.6 is 27.9 Å². The highest BCUT2D eigenvalue weighted by molar-refractivity contribution is 9.10. The molecule has 5 N–H and O–H groups in total. The molecule has 0 radical (unpaired) electrons. The van der Waals surface area contributed by atoms with Crippen LogP contribution in [0.4, 0.5) is 27.5 Å². The minimum Gasteiger partial charge on any atom is -0.365 e. The fraction of sp³-hybridized carbons (Fsp3) is 0.150. The number of rotatable bonds is 8. The number of nitrogens with two attached hydrogens (primary N) is 1. The number of hydrogen-bond donors (Lipinski definition) is 4. The number of carbonyl (C=O) groups is 1. The summed E-state index contributed by atoms with van der Waals surface area (Å²) < 4.78 is 17.8. The SMILES string of the molecule is CC(C)NSc1ccc(Nc2ncc(Br)c(Nc3cccc(F)c3C(N)=O)n2)cc1. The second kappa shape index (κ2) is 9.88. The molecule has 0 fully saturated rings. The van der Waals surface area contributed by atoms with Gasteiger partial charge in [0.2, 0.25) is 5.95 Å². The number of nitrogens with one attached hydrogen (secondary N) is 3. The number of benzene rings is 2. The summed E-state index contributed by atoms with van der Waals surface area (Å²) in [4.78, 5) is 21.3. The Balaban J connectivity index is 1.78. The maximum Gasteiger partial charge on any atom is 0.253 e. The summed E-state index contributed by atoms with van der Waals surface area (Å²) in [7, 11) is 0. The van der Waals surface area contributed by atoms with Gasteiger partial charge in [-0.3, -0.25) is 9.52 Å². The Morgan fingerprint density at radius 1 is 1.17 bits per heavy atom. The van der Waals surface area contributed by atoms with E-state index in [9.17, 15) is 9.18 Å². The van der Waals surface area contributed by atoms with E-state index in [0.29, 0.717) is 22.3 Å². The Kier molecular flexibility index (Phi) is 7.24. The van der Waals surface area contributed by atoms with Crippen molar-refractivity contribution >= 4 is 56.9 Å². The fourth-order valence-electron chi connectivity index (χ4n) is 2.44. The number of anilines is 4. The molecule has 156 valence electrons. The van der Waals surface area contributed by atoms with Gasteiger partial charge in [-0.25, -0.2) is 9.37 Å². The second-order valence-electron chi connectivity index (χ2n) is 6.57. The van der Waals surface area contributed by atoms with Crippen LogP contribution in [-0.4, -0.2) is 21.9 Å². The lowest BCUT2D eigenvalue weighted by atomic mass is 10.1. The summed E-state index contributed by atoms with van der Waals surface area (Å²) in [6.07, 6.45) is 1.55. The van der Waals surface area contributed by atoms with Gasteiger partial charge >= 0.3 is 0 Å². The molecule has 7 nitrogen and oxygen atoms in total. The zero-order valence-corrected chi connectivity index (χ0v) is 18.6. The van der Waals surface area contributed by atoms with E-state index >= 15 is 0 Å². The minimum atomic E-state index is -0.871. The normalized spacial score (nSPS) is 10.8. The Hall–Kier alpha value is -2.69. The molecule has 3 aromatic rings. The highest BCUT2D eigenvalue weighted by atomic mass is 79.9. The van der Waals surface area contributed by atoms with E-state index in [1.54, 1.807) is 24.2 Å². The molecular weight excluding hydrogens is 471 g/mol. The number of amides is 1. The first-order valence-electron chi connectivity index (χ1n) is 9.01. The molecule has 0 unspecified atom stereocenters. The summed E-state index contributed by atoms with van der Waals surface area (Å²) in [6, 6.07) is 12.4. The van der Waals surface area contributed by atoms with Crippen molar-refractivity contribution in [1.29, 1.82) is 0 Å². The summed E-state index contributed by atoms with van der Waals surface area (Å²) in [5.41, 5.74) is 6.09. The van der Waals surface area contributed by atoms with Crippen LogP contribution in [0.15, 0.2) is 58.0 Å². The van der Waals surface area contributed by atoms with Crippen molar-refractivity contribution in [3.63, 3.8) is 0 Å². The van der Waals surface area contributed by atoms with Crippen molar-refractivity contribution < 1.29 is 9.18 Å². The molecule has 1 heterocycles. The quantitative estimate of drug-likeness (QED) is 0.330. The van der Waals surface area contributed by atoms with E-state index in [0.717, 1.165) is 10.6 Å². The molecule has 1 amide bonds. The first-order valence-corrected chi connectivity index (χ1v) is 10.6. The van der Waals surface area contributed by atoms with Crippen LogP contribution < -0.4 is 21.1 Å². The Morgan fingerprint density at radius 3 is 2.57 bits per heavy atom. The Labute approximate surface area is 186 Å². The van der Waals surface area contributed by atoms with Crippen molar-refractivity contribution in [1.82, 2.24) is 14.7 Å². The molecule has 0 spiro atoms. The van der Waals surface area contributed by atoms with E-state index in [1.165, 1.54) is 12.1 Å². The average molecular weight is 491 g/mol. The first kappa shape index (κ1) is 22.0. The second-order valence-corrected chi connectivity index (χ2v) is 8.33. The topological polar surface area (TPSA) is 105 Å². The molecule has 30 heavy (non-hydrogen) atoms. The molecule has 2 aromatic carbocycles. The van der Waals surface area contributed by atoms with E-state index in [4.69, 9.17) is 5.73 Å². The van der Waals surface area contributed by atoms with E-state index in [-0.39, 0.29) is 11.3 Å². The Bertz CT molecular complexity index is 1050. The van der Waals surface area contributed by atoms with Crippen LogP contribution in [-0.2, 0) is 0 Å². The molecule has 0 atom stereocenters. The van der Waals surface area contributed by atoms with Gasteiger partial charge < -0.3 is 16.4 Å². The van der Waals surface area contributed by atoms with Crippen LogP contribution in [0.2, 0.25) is 0 Å². The molecular formula is C20H20BrFN6OS. The average Bonchev–Trinajstić information content (AvgIpc) is 2.69. The van der Waals surface area contributed by atoms with Crippen molar-refractivity contribution in [2.45, 2.75) is 24.8 Å². The number of aromatic nitrogens is 2. The largest absolute Gasteiger partial charge is 0.365 e. The monoisotopic (exact) mass is 490 g/mol. The van der Waals surface area contributed by atoms with Gasteiger partial charge in [-0.1, -0.05) is 6.07 Å². The van der Waals surface area contributed by atoms with E-state index < -0.39 is 11.7 Å². The van der Waals surface area contributed by atoms with Crippen LogP contribution in [0.1, 0.15) is 24.2 Å². The van der Waals surface area contributed by atoms with Crippen LogP contribution in [0, 0.1) is 5.82 Å². The fourth-order valence-corrected chi connectivity index (χ4v) is 3.38. The van der Waals surface area contributed by atoms with Gasteiger partial charge in [-0.2, -0.15) is 4.98 Å². The highest BCUT2D eigenvalue weighted by Gasteiger charge is 2.16. The highest BCUT2D eigenvalue weighted by Crippen LogP contribution is 2.28. The lowest BCUT2D eigenvalue weighted by Gasteiger charge is -2.13. The van der Waals surface area contributed by atoms with E-state index in [2.05, 4.69) is 55.1 Å². The van der Waals surface area contributed by atoms with E-state index in [1.807, 2.05) is 24.3 Å². The summed E-state index contributed by atoms with van der Waals surface area (Å²) in [5, 5.41) is 6.05. The molecule has 0 aliphatic heterocycles. The standard InChI is InChI=1S/C20H20BrFN6OS/c1-11(2)28-30-13-8-6-12(7-9-13)25-20-24-10-14(21)19(27-20)26-16-5-3-4-15(22)17(16)18(23)29/h3-11,28H,1-2H3,(H2,23,29)(H2,24,25,26,27). The molecule has 10 heteroatoms. The van der Waals surface area contributed by atoms with Crippen LogP contribution in [0.25, 0.3) is 0 Å². The van der Waals surface area contributed by atoms with Crippen molar-refractivity contribution in [3.05, 3.63) is 64.5 Å². The molecule has 0 aliphatic rings. The predicted molar refractivity (Wildman–Crippen MR) is 122 cm³/mol. The minimum absolute atomic E-state index is 0.215. The number of carbonyl (C=O) groups excluding carboxylic acids is 1. The lowest BCUT2D eigenvalue weighted by Crippen LogP contribution is -2.16. The molecule has 0 saturated carbocycles. The van der Waals surface area contributed by atoms with Gasteiger partial charge in [0.15, 0.2) is 0 Å². The van der Waals surface area contributed by atoms with Crippen LogP contribution in [0.3, 0.4) is 0 Å². The predicted octanol–water partition coefficient (Wildman–Crippen LogP) is 4.97. The number of halogens is 2. The van der Waals surface area contributed by atoms with Gasteiger partial charge in [0.25, 0.3) is 5.91 Å². The Morgan fingerprint density at radius 2 is 1.90 bits per heavy atom. The lowest BCUT2D eigenvalue weighted by molar-refractivity contribution is 0.0997. The molecule has 3 rings (SSSR count). The third-order valence-electron chi connectivity index (χ3n) is 3.78. The number of hydrogen-bond acceptors (Lipinski definition) is 7. The number of primary amides is 1. The smallest absolute Gasteiger partial charge is 0.253 e. The van der Waals surface area contributed by atoms with Crippen molar-refractivity contribution in [2.24, 2.45) is 5.73 Å². The van der Waals surface area contributed by atoms with Gasteiger partial charge in [0, 0.05) is 22.8 Å². The van der Waals surface area contributed by atoms with Crippen molar-refractivity contribution in [2.75, 3.05) is 10.6 Å². The molecule has 0 saturated heterocycles. The maximum atomic E-state index is 14.0. The van der Waals surface area contributed by atoms with Gasteiger partial charge in [-0.05, 0) is 78.1 Å².